The summed E-state index contributed by atoms with van der Waals surface area (Å²) in [6.45, 7) is 1.99. The highest BCUT2D eigenvalue weighted by Gasteiger charge is 2.06. The van der Waals surface area contributed by atoms with Crippen molar-refractivity contribution in [1.82, 2.24) is 4.98 Å². The number of nitrogens with zero attached hydrogens (tertiary/aromatic N) is 2. The minimum atomic E-state index is -0.0452. The highest BCUT2D eigenvalue weighted by Crippen LogP contribution is 2.14. The van der Waals surface area contributed by atoms with Crippen LogP contribution in [0.5, 0.6) is 0 Å². The van der Waals surface area contributed by atoms with Crippen molar-refractivity contribution >= 4 is 0 Å². The van der Waals surface area contributed by atoms with Gasteiger partial charge in [0.15, 0.2) is 0 Å². The van der Waals surface area contributed by atoms with E-state index in [1.54, 1.807) is 6.20 Å². The summed E-state index contributed by atoms with van der Waals surface area (Å²) in [7, 11) is 0. The third-order valence-corrected chi connectivity index (χ3v) is 1.61. The van der Waals surface area contributed by atoms with Crippen molar-refractivity contribution < 1.29 is 0 Å². The van der Waals surface area contributed by atoms with Gasteiger partial charge in [-0.05, 0) is 18.6 Å². The van der Waals surface area contributed by atoms with E-state index in [0.717, 1.165) is 12.1 Å². The molecule has 56 valence electrons. The van der Waals surface area contributed by atoms with Crippen LogP contribution in [0.15, 0.2) is 24.4 Å². The van der Waals surface area contributed by atoms with Crippen molar-refractivity contribution in [2.45, 2.75) is 19.3 Å². The van der Waals surface area contributed by atoms with E-state index in [1.807, 2.05) is 25.1 Å². The van der Waals surface area contributed by atoms with Gasteiger partial charge in [0.2, 0.25) is 0 Å². The summed E-state index contributed by atoms with van der Waals surface area (Å²) in [6, 6.07) is 7.85. The minimum Gasteiger partial charge on any atom is -0.260 e. The fourth-order valence-corrected chi connectivity index (χ4v) is 0.949. The lowest BCUT2D eigenvalue weighted by Crippen LogP contribution is -1.95. The fraction of sp³-hybridized carbons (Fsp3) is 0.333. The highest BCUT2D eigenvalue weighted by atomic mass is 14.7. The molecule has 1 atom stereocenters. The monoisotopic (exact) mass is 146 g/mol. The average Bonchev–Trinajstić information content (AvgIpc) is 2.09. The molecule has 0 aliphatic rings. The Morgan fingerprint density at radius 1 is 1.64 bits per heavy atom. The topological polar surface area (TPSA) is 36.7 Å². The number of aromatic nitrogens is 1. The first-order chi connectivity index (χ1) is 5.38. The van der Waals surface area contributed by atoms with Gasteiger partial charge in [0.1, 0.15) is 0 Å². The molecular weight excluding hydrogens is 136 g/mol. The number of pyridine rings is 1. The molecular formula is C9H10N2. The molecule has 0 fully saturated rings. The Hall–Kier alpha value is -1.36. The first-order valence-electron chi connectivity index (χ1n) is 3.69. The molecule has 0 spiro atoms. The maximum Gasteiger partial charge on any atom is 0.0882 e. The molecule has 0 N–H and O–H groups in total. The SMILES string of the molecule is CC[C@@H](C#N)c1ccccn1. The van der Waals surface area contributed by atoms with Gasteiger partial charge in [0, 0.05) is 6.20 Å². The summed E-state index contributed by atoms with van der Waals surface area (Å²) in [4.78, 5) is 4.10. The Kier molecular flexibility index (Phi) is 2.62. The van der Waals surface area contributed by atoms with Gasteiger partial charge in [-0.2, -0.15) is 5.26 Å². The lowest BCUT2D eigenvalue weighted by atomic mass is 10.0. The second-order valence-electron chi connectivity index (χ2n) is 2.34. The molecule has 1 aromatic heterocycles. The van der Waals surface area contributed by atoms with Crippen molar-refractivity contribution in [1.29, 1.82) is 5.26 Å². The maximum absolute atomic E-state index is 8.69. The van der Waals surface area contributed by atoms with Crippen molar-refractivity contribution in [2.75, 3.05) is 0 Å². The van der Waals surface area contributed by atoms with Gasteiger partial charge in [-0.1, -0.05) is 13.0 Å². The van der Waals surface area contributed by atoms with Crippen molar-refractivity contribution in [3.63, 3.8) is 0 Å². The van der Waals surface area contributed by atoms with Crippen LogP contribution in [0.3, 0.4) is 0 Å². The van der Waals surface area contributed by atoms with Crippen molar-refractivity contribution in [3.8, 4) is 6.07 Å². The molecule has 0 bridgehead atoms. The molecule has 1 aromatic rings. The number of hydrogen-bond donors (Lipinski definition) is 0. The van der Waals surface area contributed by atoms with Crippen LogP contribution >= 0.6 is 0 Å². The van der Waals surface area contributed by atoms with Crippen LogP contribution in [0.4, 0.5) is 0 Å². The Bertz CT molecular complexity index is 248. The van der Waals surface area contributed by atoms with E-state index in [0.29, 0.717) is 0 Å². The van der Waals surface area contributed by atoms with E-state index < -0.39 is 0 Å². The van der Waals surface area contributed by atoms with Crippen LogP contribution in [0.2, 0.25) is 0 Å². The minimum absolute atomic E-state index is 0.0452. The lowest BCUT2D eigenvalue weighted by Gasteiger charge is -2.02. The third-order valence-electron chi connectivity index (χ3n) is 1.61. The smallest absolute Gasteiger partial charge is 0.0882 e. The fourth-order valence-electron chi connectivity index (χ4n) is 0.949. The molecule has 0 saturated carbocycles. The summed E-state index contributed by atoms with van der Waals surface area (Å²) in [5.74, 6) is -0.0452. The second kappa shape index (κ2) is 3.72. The summed E-state index contributed by atoms with van der Waals surface area (Å²) in [5, 5.41) is 8.69. The van der Waals surface area contributed by atoms with Crippen molar-refractivity contribution in [2.24, 2.45) is 0 Å². The van der Waals surface area contributed by atoms with Crippen LogP contribution < -0.4 is 0 Å². The summed E-state index contributed by atoms with van der Waals surface area (Å²) >= 11 is 0. The predicted octanol–water partition coefficient (Wildman–Crippen LogP) is 2.10. The Morgan fingerprint density at radius 3 is 2.91 bits per heavy atom. The van der Waals surface area contributed by atoms with Gasteiger partial charge in [-0.15, -0.1) is 0 Å². The van der Waals surface area contributed by atoms with Gasteiger partial charge in [0.05, 0.1) is 17.7 Å². The first kappa shape index (κ1) is 7.74. The Morgan fingerprint density at radius 2 is 2.45 bits per heavy atom. The van der Waals surface area contributed by atoms with E-state index in [1.165, 1.54) is 0 Å². The number of hydrogen-bond acceptors (Lipinski definition) is 2. The Balaban J connectivity index is 2.85. The van der Waals surface area contributed by atoms with Crippen LogP contribution in [-0.2, 0) is 0 Å². The molecule has 11 heavy (non-hydrogen) atoms. The normalized spacial score (nSPS) is 12.0. The van der Waals surface area contributed by atoms with Gasteiger partial charge in [-0.3, -0.25) is 4.98 Å². The number of rotatable bonds is 2. The predicted molar refractivity (Wildman–Crippen MR) is 42.9 cm³/mol. The van der Waals surface area contributed by atoms with Crippen LogP contribution in [-0.4, -0.2) is 4.98 Å². The van der Waals surface area contributed by atoms with Crippen LogP contribution in [0.1, 0.15) is 25.0 Å². The quantitative estimate of drug-likeness (QED) is 0.640. The second-order valence-corrected chi connectivity index (χ2v) is 2.34. The number of nitriles is 1. The molecule has 2 nitrogen and oxygen atoms in total. The third kappa shape index (κ3) is 1.78. The van der Waals surface area contributed by atoms with Crippen LogP contribution in [0.25, 0.3) is 0 Å². The van der Waals surface area contributed by atoms with E-state index in [9.17, 15) is 0 Å². The molecule has 0 aliphatic carbocycles. The van der Waals surface area contributed by atoms with Gasteiger partial charge >= 0.3 is 0 Å². The maximum atomic E-state index is 8.69. The van der Waals surface area contributed by atoms with E-state index >= 15 is 0 Å². The zero-order valence-electron chi connectivity index (χ0n) is 6.49. The summed E-state index contributed by atoms with van der Waals surface area (Å²) in [5.41, 5.74) is 0.873. The zero-order valence-corrected chi connectivity index (χ0v) is 6.49. The molecule has 0 unspecified atom stereocenters. The standard InChI is InChI=1S/C9H10N2/c1-2-8(7-10)9-5-3-4-6-11-9/h3-6,8H,2H2,1H3/t8-/m0/s1. The van der Waals surface area contributed by atoms with E-state index in [-0.39, 0.29) is 5.92 Å². The molecule has 1 rings (SSSR count). The summed E-state index contributed by atoms with van der Waals surface area (Å²) < 4.78 is 0. The van der Waals surface area contributed by atoms with Gasteiger partial charge in [-0.25, -0.2) is 0 Å². The Labute approximate surface area is 66.5 Å². The van der Waals surface area contributed by atoms with Gasteiger partial charge < -0.3 is 0 Å². The lowest BCUT2D eigenvalue weighted by molar-refractivity contribution is 0.787. The van der Waals surface area contributed by atoms with E-state index in [2.05, 4.69) is 11.1 Å². The molecule has 0 aliphatic heterocycles. The van der Waals surface area contributed by atoms with E-state index in [4.69, 9.17) is 5.26 Å². The van der Waals surface area contributed by atoms with Crippen molar-refractivity contribution in [3.05, 3.63) is 30.1 Å². The molecule has 0 aromatic carbocycles. The van der Waals surface area contributed by atoms with Gasteiger partial charge in [0.25, 0.3) is 0 Å². The summed E-state index contributed by atoms with van der Waals surface area (Å²) in [6.07, 6.45) is 2.54. The average molecular weight is 146 g/mol. The molecule has 2 heteroatoms. The molecule has 0 amide bonds. The zero-order chi connectivity index (χ0) is 8.10. The highest BCUT2D eigenvalue weighted by molar-refractivity contribution is 5.15. The largest absolute Gasteiger partial charge is 0.260 e. The molecule has 0 saturated heterocycles. The van der Waals surface area contributed by atoms with Crippen LogP contribution in [0, 0.1) is 11.3 Å². The molecule has 0 radical (unpaired) electrons. The molecule has 1 heterocycles. The first-order valence-corrected chi connectivity index (χ1v) is 3.69.